The first kappa shape index (κ1) is 20.3. The van der Waals surface area contributed by atoms with E-state index in [4.69, 9.17) is 9.84 Å². The third kappa shape index (κ3) is 4.89. The van der Waals surface area contributed by atoms with Crippen LogP contribution in [-0.4, -0.2) is 41.9 Å². The zero-order valence-corrected chi connectivity index (χ0v) is 17.4. The van der Waals surface area contributed by atoms with Crippen LogP contribution in [0.25, 0.3) is 5.69 Å². The first-order valence-corrected chi connectivity index (χ1v) is 10.0. The second-order valence-electron chi connectivity index (χ2n) is 7.71. The van der Waals surface area contributed by atoms with Gasteiger partial charge in [-0.15, -0.1) is 0 Å². The van der Waals surface area contributed by atoms with Gasteiger partial charge in [-0.1, -0.05) is 62.4 Å². The largest absolute Gasteiger partial charge is 0.369 e. The number of aromatic nitrogens is 2. The highest BCUT2D eigenvalue weighted by atomic mass is 16.5. The molecular weight excluding hydrogens is 346 g/mol. The summed E-state index contributed by atoms with van der Waals surface area (Å²) in [6.07, 6.45) is 2.87. The van der Waals surface area contributed by atoms with Crippen molar-refractivity contribution in [2.24, 2.45) is 0 Å². The van der Waals surface area contributed by atoms with E-state index in [-0.39, 0.29) is 6.10 Å². The number of rotatable bonds is 9. The molecule has 0 aliphatic carbocycles. The van der Waals surface area contributed by atoms with Crippen molar-refractivity contribution in [2.45, 2.75) is 32.3 Å². The fourth-order valence-corrected chi connectivity index (χ4v) is 3.50. The van der Waals surface area contributed by atoms with Gasteiger partial charge in [0.2, 0.25) is 0 Å². The number of nitrogens with zero attached hydrogens (tertiary/aromatic N) is 3. The van der Waals surface area contributed by atoms with Crippen molar-refractivity contribution < 1.29 is 4.74 Å². The van der Waals surface area contributed by atoms with Gasteiger partial charge in [0.15, 0.2) is 0 Å². The lowest BCUT2D eigenvalue weighted by atomic mass is 9.97. The molecule has 3 rings (SSSR count). The standard InChI is InChI=1S/C24H31N3O/c1-19(2)23-22(18-25-27(23)21-14-9-6-10-15-21)24(20-12-7-5-8-13-20)28-17-11-16-26(3)4/h5-10,12-15,18-19,24H,11,16-17H2,1-4H3. The molecule has 3 aromatic rings. The van der Waals surface area contributed by atoms with Gasteiger partial charge in [0.1, 0.15) is 6.10 Å². The molecule has 0 radical (unpaired) electrons. The number of hydrogen-bond acceptors (Lipinski definition) is 3. The highest BCUT2D eigenvalue weighted by Crippen LogP contribution is 2.33. The summed E-state index contributed by atoms with van der Waals surface area (Å²) in [6, 6.07) is 20.8. The molecule has 0 saturated heterocycles. The van der Waals surface area contributed by atoms with Gasteiger partial charge in [-0.05, 0) is 50.7 Å². The maximum Gasteiger partial charge on any atom is 0.111 e. The maximum absolute atomic E-state index is 6.42. The second-order valence-corrected chi connectivity index (χ2v) is 7.71. The molecule has 1 heterocycles. The zero-order chi connectivity index (χ0) is 19.9. The molecule has 1 unspecified atom stereocenters. The summed E-state index contributed by atoms with van der Waals surface area (Å²) >= 11 is 0. The van der Waals surface area contributed by atoms with E-state index in [0.717, 1.165) is 24.2 Å². The summed E-state index contributed by atoms with van der Waals surface area (Å²) in [5.74, 6) is 0.328. The normalized spacial score (nSPS) is 12.6. The monoisotopic (exact) mass is 377 g/mol. The Kier molecular flexibility index (Phi) is 7.01. The number of benzene rings is 2. The van der Waals surface area contributed by atoms with E-state index < -0.39 is 0 Å². The number of para-hydroxylation sites is 1. The number of hydrogen-bond donors (Lipinski definition) is 0. The molecule has 0 bridgehead atoms. The van der Waals surface area contributed by atoms with E-state index in [0.29, 0.717) is 12.5 Å². The van der Waals surface area contributed by atoms with Crippen molar-refractivity contribution in [2.75, 3.05) is 27.2 Å². The van der Waals surface area contributed by atoms with Crippen molar-refractivity contribution >= 4 is 0 Å². The average molecular weight is 378 g/mol. The predicted molar refractivity (Wildman–Crippen MR) is 115 cm³/mol. The summed E-state index contributed by atoms with van der Waals surface area (Å²) in [6.45, 7) is 6.16. The van der Waals surface area contributed by atoms with Crippen molar-refractivity contribution in [3.05, 3.63) is 83.7 Å². The Morgan fingerprint density at radius 1 is 0.964 bits per heavy atom. The van der Waals surface area contributed by atoms with Gasteiger partial charge >= 0.3 is 0 Å². The van der Waals surface area contributed by atoms with Gasteiger partial charge in [-0.25, -0.2) is 4.68 Å². The van der Waals surface area contributed by atoms with Crippen LogP contribution in [0.4, 0.5) is 0 Å². The predicted octanol–water partition coefficient (Wildman–Crippen LogP) is 5.05. The SMILES string of the molecule is CC(C)c1c(C(OCCCN(C)C)c2ccccc2)cnn1-c1ccccc1. The van der Waals surface area contributed by atoms with Crippen molar-refractivity contribution in [1.82, 2.24) is 14.7 Å². The molecular formula is C24H31N3O. The minimum Gasteiger partial charge on any atom is -0.369 e. The van der Waals surface area contributed by atoms with Crippen LogP contribution < -0.4 is 0 Å². The van der Waals surface area contributed by atoms with E-state index in [1.165, 1.54) is 11.3 Å². The second kappa shape index (κ2) is 9.67. The van der Waals surface area contributed by atoms with Crippen LogP contribution in [-0.2, 0) is 4.74 Å². The number of ether oxygens (including phenoxy) is 1. The molecule has 0 fully saturated rings. The Labute approximate surface area is 168 Å². The van der Waals surface area contributed by atoms with Gasteiger partial charge in [0, 0.05) is 12.2 Å². The molecule has 0 spiro atoms. The van der Waals surface area contributed by atoms with Gasteiger partial charge in [0.05, 0.1) is 17.6 Å². The van der Waals surface area contributed by atoms with Crippen LogP contribution in [0.5, 0.6) is 0 Å². The van der Waals surface area contributed by atoms with E-state index in [2.05, 4.69) is 73.9 Å². The molecule has 0 saturated carbocycles. The van der Waals surface area contributed by atoms with Gasteiger partial charge in [-0.2, -0.15) is 5.10 Å². The summed E-state index contributed by atoms with van der Waals surface area (Å²) in [4.78, 5) is 2.19. The highest BCUT2D eigenvalue weighted by molar-refractivity contribution is 5.40. The quantitative estimate of drug-likeness (QED) is 0.489. The molecule has 4 nitrogen and oxygen atoms in total. The Hall–Kier alpha value is -2.43. The summed E-state index contributed by atoms with van der Waals surface area (Å²) in [5.41, 5.74) is 4.60. The molecule has 1 atom stereocenters. The van der Waals surface area contributed by atoms with Crippen molar-refractivity contribution in [1.29, 1.82) is 0 Å². The Morgan fingerprint density at radius 2 is 1.61 bits per heavy atom. The highest BCUT2D eigenvalue weighted by Gasteiger charge is 2.24. The Morgan fingerprint density at radius 3 is 2.21 bits per heavy atom. The van der Waals surface area contributed by atoms with E-state index in [1.54, 1.807) is 0 Å². The van der Waals surface area contributed by atoms with Crippen molar-refractivity contribution in [3.8, 4) is 5.69 Å². The molecule has 0 N–H and O–H groups in total. The molecule has 28 heavy (non-hydrogen) atoms. The van der Waals surface area contributed by atoms with Crippen LogP contribution in [0, 0.1) is 0 Å². The molecule has 148 valence electrons. The molecule has 4 heteroatoms. The Balaban J connectivity index is 1.96. The molecule has 1 aromatic heterocycles. The molecule has 0 amide bonds. The lowest BCUT2D eigenvalue weighted by Crippen LogP contribution is -2.17. The van der Waals surface area contributed by atoms with Crippen LogP contribution in [0.15, 0.2) is 66.9 Å². The van der Waals surface area contributed by atoms with Gasteiger partial charge in [-0.3, -0.25) is 0 Å². The molecule has 0 aliphatic rings. The minimum atomic E-state index is -0.113. The zero-order valence-electron chi connectivity index (χ0n) is 17.4. The minimum absolute atomic E-state index is 0.113. The summed E-state index contributed by atoms with van der Waals surface area (Å²) < 4.78 is 8.48. The van der Waals surface area contributed by atoms with E-state index in [1.807, 2.05) is 30.5 Å². The average Bonchev–Trinajstić information content (AvgIpc) is 3.14. The summed E-state index contributed by atoms with van der Waals surface area (Å²) in [7, 11) is 4.19. The fraction of sp³-hybridized carbons (Fsp3) is 0.375. The van der Waals surface area contributed by atoms with Crippen LogP contribution in [0.1, 0.15) is 49.1 Å². The lowest BCUT2D eigenvalue weighted by Gasteiger charge is -2.22. The smallest absolute Gasteiger partial charge is 0.111 e. The van der Waals surface area contributed by atoms with Crippen LogP contribution in [0.2, 0.25) is 0 Å². The van der Waals surface area contributed by atoms with Gasteiger partial charge in [0.25, 0.3) is 0 Å². The van der Waals surface area contributed by atoms with Gasteiger partial charge < -0.3 is 9.64 Å². The van der Waals surface area contributed by atoms with Crippen molar-refractivity contribution in [3.63, 3.8) is 0 Å². The maximum atomic E-state index is 6.42. The van der Waals surface area contributed by atoms with E-state index in [9.17, 15) is 0 Å². The summed E-state index contributed by atoms with van der Waals surface area (Å²) in [5, 5.41) is 4.74. The van der Waals surface area contributed by atoms with Crippen LogP contribution in [0.3, 0.4) is 0 Å². The fourth-order valence-electron chi connectivity index (χ4n) is 3.50. The molecule has 2 aromatic carbocycles. The third-order valence-electron chi connectivity index (χ3n) is 4.80. The lowest BCUT2D eigenvalue weighted by molar-refractivity contribution is 0.0737. The molecule has 0 aliphatic heterocycles. The van der Waals surface area contributed by atoms with Crippen LogP contribution >= 0.6 is 0 Å². The first-order chi connectivity index (χ1) is 13.6. The topological polar surface area (TPSA) is 30.3 Å². The Bertz CT molecular complexity index is 841. The van der Waals surface area contributed by atoms with E-state index >= 15 is 0 Å². The first-order valence-electron chi connectivity index (χ1n) is 10.0. The third-order valence-corrected chi connectivity index (χ3v) is 4.80.